The predicted molar refractivity (Wildman–Crippen MR) is 128 cm³/mol. The third-order valence-corrected chi connectivity index (χ3v) is 6.25. The summed E-state index contributed by atoms with van der Waals surface area (Å²) < 4.78 is 14.7. The van der Waals surface area contributed by atoms with E-state index < -0.39 is 11.7 Å². The van der Waals surface area contributed by atoms with Crippen molar-refractivity contribution in [1.29, 1.82) is 0 Å². The van der Waals surface area contributed by atoms with E-state index in [2.05, 4.69) is 26.6 Å². The van der Waals surface area contributed by atoms with Gasteiger partial charge in [0, 0.05) is 32.9 Å². The van der Waals surface area contributed by atoms with E-state index in [4.69, 9.17) is 0 Å². The lowest BCUT2D eigenvalue weighted by molar-refractivity contribution is 0.0959. The number of nitrogens with one attached hydrogen (secondary N) is 2. The standard InChI is InChI=1S/C26H27FN4O2/c1-4-18-12-22-23(30-24(18)15-32)11-17(13-29-22)14-31-9-7-19(8-10-31)20-5-6-21(26(33)28-3)25(27)16(20)2/h5-7,11-13,30H,4,8-10,14H2,1-3H3,(H,28,33). The van der Waals surface area contributed by atoms with Gasteiger partial charge in [-0.3, -0.25) is 14.7 Å². The van der Waals surface area contributed by atoms with E-state index in [1.54, 1.807) is 13.0 Å². The van der Waals surface area contributed by atoms with E-state index in [1.807, 2.05) is 37.3 Å². The number of carbonyl (C=O) groups is 1. The zero-order chi connectivity index (χ0) is 23.5. The van der Waals surface area contributed by atoms with Crippen molar-refractivity contribution in [3.63, 3.8) is 0 Å². The van der Waals surface area contributed by atoms with Crippen LogP contribution in [0.1, 0.15) is 52.5 Å². The first-order valence-corrected chi connectivity index (χ1v) is 11.1. The van der Waals surface area contributed by atoms with Crippen LogP contribution in [0.5, 0.6) is 0 Å². The van der Waals surface area contributed by atoms with Crippen molar-refractivity contribution in [2.75, 3.05) is 25.5 Å². The fourth-order valence-corrected chi connectivity index (χ4v) is 4.34. The van der Waals surface area contributed by atoms with Crippen LogP contribution in [0.2, 0.25) is 0 Å². The molecule has 6 nitrogen and oxygen atoms in total. The molecule has 0 aliphatic carbocycles. The molecule has 0 spiro atoms. The maximum absolute atomic E-state index is 14.7. The summed E-state index contributed by atoms with van der Waals surface area (Å²) in [6.07, 6.45) is 7.45. The van der Waals surface area contributed by atoms with E-state index in [0.29, 0.717) is 11.3 Å². The van der Waals surface area contributed by atoms with Crippen molar-refractivity contribution in [3.05, 3.63) is 75.5 Å². The summed E-state index contributed by atoms with van der Waals surface area (Å²) in [6, 6.07) is 5.41. The van der Waals surface area contributed by atoms with Gasteiger partial charge in [-0.25, -0.2) is 9.18 Å². The van der Waals surface area contributed by atoms with E-state index in [-0.39, 0.29) is 5.56 Å². The second-order valence-corrected chi connectivity index (χ2v) is 8.29. The quantitative estimate of drug-likeness (QED) is 0.676. The van der Waals surface area contributed by atoms with Crippen LogP contribution in [0.25, 0.3) is 11.6 Å². The van der Waals surface area contributed by atoms with Gasteiger partial charge >= 0.3 is 0 Å². The normalized spacial score (nSPS) is 15.7. The Morgan fingerprint density at radius 2 is 2.18 bits per heavy atom. The minimum absolute atomic E-state index is 0.0683. The van der Waals surface area contributed by atoms with Crippen LogP contribution in [0.3, 0.4) is 0 Å². The Hall–Kier alpha value is -3.54. The second kappa shape index (κ2) is 9.53. The number of carbonyl (C=O) groups excluding carboxylic acids is 2. The van der Waals surface area contributed by atoms with Crippen molar-refractivity contribution in [2.24, 2.45) is 0 Å². The van der Waals surface area contributed by atoms with E-state index in [1.165, 1.54) is 7.05 Å². The van der Waals surface area contributed by atoms with Crippen molar-refractivity contribution in [1.82, 2.24) is 15.2 Å². The molecular weight excluding hydrogens is 419 g/mol. The van der Waals surface area contributed by atoms with Crippen LogP contribution in [-0.2, 0) is 11.3 Å². The molecular formula is C26H27FN4O2. The lowest BCUT2D eigenvalue weighted by Crippen LogP contribution is -2.28. The van der Waals surface area contributed by atoms with Gasteiger partial charge < -0.3 is 10.6 Å². The molecule has 2 aliphatic heterocycles. The molecule has 2 N–H and O–H groups in total. The first-order valence-electron chi connectivity index (χ1n) is 11.1. The molecule has 1 aromatic carbocycles. The van der Waals surface area contributed by atoms with Crippen LogP contribution in [0.15, 0.2) is 41.7 Å². The third kappa shape index (κ3) is 4.51. The van der Waals surface area contributed by atoms with Crippen LogP contribution in [-0.4, -0.2) is 41.9 Å². The lowest BCUT2D eigenvalue weighted by Gasteiger charge is -2.27. The van der Waals surface area contributed by atoms with Crippen molar-refractivity contribution in [3.8, 4) is 0 Å². The number of anilines is 1. The largest absolute Gasteiger partial charge is 0.355 e. The predicted octanol–water partition coefficient (Wildman–Crippen LogP) is 4.11. The van der Waals surface area contributed by atoms with Crippen molar-refractivity contribution >= 4 is 29.2 Å². The molecule has 3 heterocycles. The van der Waals surface area contributed by atoms with E-state index in [0.717, 1.165) is 66.1 Å². The highest BCUT2D eigenvalue weighted by Crippen LogP contribution is 2.31. The molecule has 0 fully saturated rings. The minimum atomic E-state index is -0.466. The summed E-state index contributed by atoms with van der Waals surface area (Å²) in [6.45, 7) is 6.00. The zero-order valence-corrected chi connectivity index (χ0v) is 19.1. The van der Waals surface area contributed by atoms with Gasteiger partial charge in [0.2, 0.25) is 0 Å². The fraction of sp³-hybridized carbons (Fsp3) is 0.308. The lowest BCUT2D eigenvalue weighted by atomic mass is 9.93. The smallest absolute Gasteiger partial charge is 0.254 e. The number of allylic oxidation sites excluding steroid dienone is 1. The Balaban J connectivity index is 1.48. The molecule has 7 heteroatoms. The first kappa shape index (κ1) is 22.6. The van der Waals surface area contributed by atoms with Crippen molar-refractivity contribution < 1.29 is 14.0 Å². The zero-order valence-electron chi connectivity index (χ0n) is 19.1. The molecule has 0 bridgehead atoms. The SMILES string of the molecule is CCC1=Cc2ncc(CN3CC=C(c4ccc(C(=O)NC)c(F)c4C)CC3)cc2NC1=C=O. The van der Waals surface area contributed by atoms with Gasteiger partial charge in [0.25, 0.3) is 5.91 Å². The molecule has 0 saturated carbocycles. The summed E-state index contributed by atoms with van der Waals surface area (Å²) in [5.74, 6) is 1.09. The monoisotopic (exact) mass is 446 g/mol. The van der Waals surface area contributed by atoms with E-state index in [9.17, 15) is 14.0 Å². The number of aromatic nitrogens is 1. The number of rotatable bonds is 5. The highest BCUT2D eigenvalue weighted by molar-refractivity contribution is 5.95. The fourth-order valence-electron chi connectivity index (χ4n) is 4.34. The number of hydrogen-bond acceptors (Lipinski definition) is 5. The second-order valence-electron chi connectivity index (χ2n) is 8.29. The number of fused-ring (bicyclic) bond motifs is 1. The molecule has 0 saturated heterocycles. The number of pyridine rings is 1. The van der Waals surface area contributed by atoms with Crippen LogP contribution in [0.4, 0.5) is 10.1 Å². The molecule has 0 radical (unpaired) electrons. The molecule has 170 valence electrons. The first-order chi connectivity index (χ1) is 15.9. The van der Waals surface area contributed by atoms with Crippen LogP contribution < -0.4 is 10.6 Å². The van der Waals surface area contributed by atoms with Gasteiger partial charge in [-0.05, 0) is 65.8 Å². The van der Waals surface area contributed by atoms with Gasteiger partial charge in [-0.1, -0.05) is 19.1 Å². The van der Waals surface area contributed by atoms with Gasteiger partial charge in [-0.2, -0.15) is 0 Å². The number of nitrogens with zero attached hydrogens (tertiary/aromatic N) is 2. The van der Waals surface area contributed by atoms with E-state index >= 15 is 0 Å². The average molecular weight is 447 g/mol. The molecule has 1 aromatic heterocycles. The molecule has 2 aromatic rings. The topological polar surface area (TPSA) is 74.3 Å². The van der Waals surface area contributed by atoms with Gasteiger partial charge in [-0.15, -0.1) is 0 Å². The highest BCUT2D eigenvalue weighted by atomic mass is 19.1. The van der Waals surface area contributed by atoms with Crippen LogP contribution in [0, 0.1) is 12.7 Å². The van der Waals surface area contributed by atoms with Crippen LogP contribution >= 0.6 is 0 Å². The van der Waals surface area contributed by atoms with Gasteiger partial charge in [0.15, 0.2) is 5.94 Å². The van der Waals surface area contributed by atoms with Gasteiger partial charge in [0.05, 0.1) is 16.9 Å². The summed E-state index contributed by atoms with van der Waals surface area (Å²) >= 11 is 0. The Bertz CT molecular complexity index is 1230. The Kier molecular flexibility index (Phi) is 6.54. The number of halogens is 1. The number of benzene rings is 1. The molecule has 0 atom stereocenters. The van der Waals surface area contributed by atoms with Gasteiger partial charge in [0.1, 0.15) is 11.5 Å². The summed E-state index contributed by atoms with van der Waals surface area (Å²) in [4.78, 5) is 30.0. The molecule has 0 unspecified atom stereocenters. The molecule has 4 rings (SSSR count). The summed E-state index contributed by atoms with van der Waals surface area (Å²) in [7, 11) is 1.49. The Labute approximate surface area is 192 Å². The molecule has 2 aliphatic rings. The highest BCUT2D eigenvalue weighted by Gasteiger charge is 2.21. The Morgan fingerprint density at radius 1 is 1.36 bits per heavy atom. The van der Waals surface area contributed by atoms with Crippen molar-refractivity contribution in [2.45, 2.75) is 33.2 Å². The maximum atomic E-state index is 14.7. The molecule has 33 heavy (non-hydrogen) atoms. The number of amides is 1. The summed E-state index contributed by atoms with van der Waals surface area (Å²) in [5.41, 5.74) is 6.58. The third-order valence-electron chi connectivity index (χ3n) is 6.25. The molecule has 1 amide bonds. The number of hydrogen-bond donors (Lipinski definition) is 2. The Morgan fingerprint density at radius 3 is 2.85 bits per heavy atom. The summed E-state index contributed by atoms with van der Waals surface area (Å²) in [5, 5.41) is 5.62. The minimum Gasteiger partial charge on any atom is -0.355 e. The average Bonchev–Trinajstić information content (AvgIpc) is 2.84. The maximum Gasteiger partial charge on any atom is 0.254 e.